The van der Waals surface area contributed by atoms with Crippen molar-refractivity contribution in [2.75, 3.05) is 19.3 Å². The lowest BCUT2D eigenvalue weighted by molar-refractivity contribution is 0.0188. The number of hydrogen-bond acceptors (Lipinski definition) is 6. The van der Waals surface area contributed by atoms with Crippen LogP contribution in [0.2, 0.25) is 0 Å². The minimum Gasteiger partial charge on any atom is -0.444 e. The van der Waals surface area contributed by atoms with Crippen molar-refractivity contribution < 1.29 is 9.53 Å². The van der Waals surface area contributed by atoms with Gasteiger partial charge in [-0.15, -0.1) is 0 Å². The molecule has 140 valence electrons. The van der Waals surface area contributed by atoms with Gasteiger partial charge in [0.1, 0.15) is 11.2 Å². The fourth-order valence-electron chi connectivity index (χ4n) is 3.11. The quantitative estimate of drug-likeness (QED) is 0.592. The Morgan fingerprint density at radius 1 is 1.27 bits per heavy atom. The van der Waals surface area contributed by atoms with Gasteiger partial charge in [0.2, 0.25) is 0 Å². The number of amides is 1. The normalized spacial score (nSPS) is 16.1. The van der Waals surface area contributed by atoms with E-state index >= 15 is 0 Å². The maximum absolute atomic E-state index is 12.5. The topological polar surface area (TPSA) is 77.3 Å². The molecule has 1 saturated heterocycles. The van der Waals surface area contributed by atoms with Crippen LogP contribution in [0, 0.1) is 0 Å². The minimum absolute atomic E-state index is 0.00879. The molecule has 0 saturated carbocycles. The average molecular weight is 376 g/mol. The molecule has 1 aliphatic rings. The lowest BCUT2D eigenvalue weighted by Crippen LogP contribution is -2.43. The van der Waals surface area contributed by atoms with Crippen molar-refractivity contribution in [1.82, 2.24) is 19.4 Å². The Bertz CT molecular complexity index is 867. The Hall–Kier alpha value is -2.09. The standard InChI is InChI=1S/C18H24N4O3S/c1-18(2,3)25-17(24)21-9-7-13(8-10-21)22-14(23)6-5-12-11-19-16(26-4)20-15(12)22/h5-6,11,13H,7-10H2,1-4H3. The van der Waals surface area contributed by atoms with Crippen molar-refractivity contribution in [2.45, 2.75) is 50.4 Å². The number of nitrogens with zero attached hydrogens (tertiary/aromatic N) is 4. The first-order chi connectivity index (χ1) is 12.3. The molecule has 3 rings (SSSR count). The van der Waals surface area contributed by atoms with Crippen LogP contribution < -0.4 is 5.56 Å². The van der Waals surface area contributed by atoms with Crippen molar-refractivity contribution in [1.29, 1.82) is 0 Å². The van der Waals surface area contributed by atoms with E-state index in [-0.39, 0.29) is 17.7 Å². The summed E-state index contributed by atoms with van der Waals surface area (Å²) in [6, 6.07) is 3.33. The van der Waals surface area contributed by atoms with E-state index in [1.54, 1.807) is 27.8 Å². The number of carbonyl (C=O) groups is 1. The van der Waals surface area contributed by atoms with Crippen molar-refractivity contribution in [2.24, 2.45) is 0 Å². The molecule has 0 aliphatic carbocycles. The van der Waals surface area contributed by atoms with E-state index in [9.17, 15) is 9.59 Å². The molecule has 8 heteroatoms. The largest absolute Gasteiger partial charge is 0.444 e. The molecule has 0 unspecified atom stereocenters. The first-order valence-electron chi connectivity index (χ1n) is 8.69. The van der Waals surface area contributed by atoms with Gasteiger partial charge in [0.25, 0.3) is 5.56 Å². The number of aromatic nitrogens is 3. The summed E-state index contributed by atoms with van der Waals surface area (Å²) in [5.74, 6) is 0. The molecule has 0 radical (unpaired) electrons. The third-order valence-corrected chi connectivity index (χ3v) is 4.87. The van der Waals surface area contributed by atoms with E-state index in [4.69, 9.17) is 4.74 Å². The van der Waals surface area contributed by atoms with Gasteiger partial charge in [-0.1, -0.05) is 11.8 Å². The van der Waals surface area contributed by atoms with Gasteiger partial charge >= 0.3 is 6.09 Å². The number of fused-ring (bicyclic) bond motifs is 1. The second kappa shape index (κ2) is 7.26. The zero-order chi connectivity index (χ0) is 18.9. The van der Waals surface area contributed by atoms with E-state index in [2.05, 4.69) is 9.97 Å². The molecule has 2 aromatic heterocycles. The van der Waals surface area contributed by atoms with Gasteiger partial charge in [-0.2, -0.15) is 0 Å². The van der Waals surface area contributed by atoms with Crippen LogP contribution in [0.4, 0.5) is 4.79 Å². The summed E-state index contributed by atoms with van der Waals surface area (Å²) < 4.78 is 7.19. The fourth-order valence-corrected chi connectivity index (χ4v) is 3.44. The SMILES string of the molecule is CSc1ncc2ccc(=O)n(C3CCN(C(=O)OC(C)(C)C)CC3)c2n1. The maximum Gasteiger partial charge on any atom is 0.410 e. The van der Waals surface area contributed by atoms with Gasteiger partial charge in [0.05, 0.1) is 0 Å². The van der Waals surface area contributed by atoms with Gasteiger partial charge in [0, 0.05) is 36.8 Å². The van der Waals surface area contributed by atoms with Gasteiger partial charge in [-0.05, 0) is 45.9 Å². The number of likely N-dealkylation sites (tertiary alicyclic amines) is 1. The number of piperidine rings is 1. The molecule has 3 heterocycles. The summed E-state index contributed by atoms with van der Waals surface area (Å²) in [5.41, 5.74) is 0.0811. The van der Waals surface area contributed by atoms with Crippen LogP contribution in [0.3, 0.4) is 0 Å². The predicted octanol–water partition coefficient (Wildman–Crippen LogP) is 3.09. The number of ether oxygens (including phenoxy) is 1. The molecular weight excluding hydrogens is 352 g/mol. The highest BCUT2D eigenvalue weighted by Gasteiger charge is 2.28. The summed E-state index contributed by atoms with van der Waals surface area (Å²) in [4.78, 5) is 35.3. The van der Waals surface area contributed by atoms with Crippen LogP contribution in [0.25, 0.3) is 11.0 Å². The lowest BCUT2D eigenvalue weighted by atomic mass is 10.0. The number of carbonyl (C=O) groups excluding carboxylic acids is 1. The molecule has 2 aromatic rings. The Balaban J connectivity index is 1.82. The first-order valence-corrected chi connectivity index (χ1v) is 9.91. The highest BCUT2D eigenvalue weighted by Crippen LogP contribution is 2.26. The van der Waals surface area contributed by atoms with Crippen LogP contribution in [0.1, 0.15) is 39.7 Å². The van der Waals surface area contributed by atoms with E-state index in [1.165, 1.54) is 11.8 Å². The third kappa shape index (κ3) is 4.00. The zero-order valence-electron chi connectivity index (χ0n) is 15.6. The summed E-state index contributed by atoms with van der Waals surface area (Å²) in [6.45, 7) is 6.69. The number of hydrogen-bond donors (Lipinski definition) is 0. The number of rotatable bonds is 2. The number of pyridine rings is 1. The van der Waals surface area contributed by atoms with E-state index in [1.807, 2.05) is 27.0 Å². The Morgan fingerprint density at radius 3 is 2.58 bits per heavy atom. The lowest BCUT2D eigenvalue weighted by Gasteiger charge is -2.34. The molecule has 26 heavy (non-hydrogen) atoms. The van der Waals surface area contributed by atoms with Gasteiger partial charge in [-0.25, -0.2) is 14.8 Å². The molecule has 1 aliphatic heterocycles. The molecule has 0 spiro atoms. The van der Waals surface area contributed by atoms with Crippen molar-refractivity contribution in [3.05, 3.63) is 28.7 Å². The van der Waals surface area contributed by atoms with Crippen molar-refractivity contribution in [3.63, 3.8) is 0 Å². The van der Waals surface area contributed by atoms with E-state index < -0.39 is 5.60 Å². The van der Waals surface area contributed by atoms with Crippen molar-refractivity contribution >= 4 is 28.9 Å². The fraction of sp³-hybridized carbons (Fsp3) is 0.556. The van der Waals surface area contributed by atoms with Crippen LogP contribution in [0.15, 0.2) is 28.3 Å². The molecule has 0 atom stereocenters. The predicted molar refractivity (Wildman–Crippen MR) is 102 cm³/mol. The van der Waals surface area contributed by atoms with Gasteiger partial charge < -0.3 is 9.64 Å². The van der Waals surface area contributed by atoms with E-state index in [0.29, 0.717) is 36.7 Å². The van der Waals surface area contributed by atoms with Crippen molar-refractivity contribution in [3.8, 4) is 0 Å². The summed E-state index contributed by atoms with van der Waals surface area (Å²) in [6.07, 6.45) is 4.74. The van der Waals surface area contributed by atoms with Crippen LogP contribution in [-0.4, -0.2) is 50.5 Å². The highest BCUT2D eigenvalue weighted by atomic mass is 32.2. The Morgan fingerprint density at radius 2 is 1.96 bits per heavy atom. The van der Waals surface area contributed by atoms with Crippen LogP contribution in [-0.2, 0) is 4.74 Å². The monoisotopic (exact) mass is 376 g/mol. The average Bonchev–Trinajstić information content (AvgIpc) is 2.60. The second-order valence-electron chi connectivity index (χ2n) is 7.38. The summed E-state index contributed by atoms with van der Waals surface area (Å²) >= 11 is 1.45. The summed E-state index contributed by atoms with van der Waals surface area (Å²) in [5, 5.41) is 1.49. The molecule has 0 N–H and O–H groups in total. The molecule has 0 bridgehead atoms. The van der Waals surface area contributed by atoms with Gasteiger partial charge in [0.15, 0.2) is 5.16 Å². The number of thioether (sulfide) groups is 1. The molecule has 1 amide bonds. The molecular formula is C18H24N4O3S. The second-order valence-corrected chi connectivity index (χ2v) is 8.15. The van der Waals surface area contributed by atoms with Crippen LogP contribution >= 0.6 is 11.8 Å². The molecule has 0 aromatic carbocycles. The highest BCUT2D eigenvalue weighted by molar-refractivity contribution is 7.98. The van der Waals surface area contributed by atoms with Gasteiger partial charge in [-0.3, -0.25) is 9.36 Å². The Labute approximate surface area is 156 Å². The minimum atomic E-state index is -0.508. The maximum atomic E-state index is 12.5. The third-order valence-electron chi connectivity index (χ3n) is 4.31. The molecule has 1 fully saturated rings. The van der Waals surface area contributed by atoms with E-state index in [0.717, 1.165) is 5.39 Å². The molecule has 7 nitrogen and oxygen atoms in total. The smallest absolute Gasteiger partial charge is 0.410 e. The summed E-state index contributed by atoms with van der Waals surface area (Å²) in [7, 11) is 0. The zero-order valence-corrected chi connectivity index (χ0v) is 16.4. The first kappa shape index (κ1) is 18.7. The Kier molecular flexibility index (Phi) is 5.22. The van der Waals surface area contributed by atoms with Crippen LogP contribution in [0.5, 0.6) is 0 Å².